The van der Waals surface area contributed by atoms with Crippen LogP contribution in [0.5, 0.6) is 0 Å². The van der Waals surface area contributed by atoms with E-state index in [-0.39, 0.29) is 51.4 Å². The summed E-state index contributed by atoms with van der Waals surface area (Å²) in [6, 6.07) is 0. The van der Waals surface area contributed by atoms with Crippen LogP contribution in [0.4, 0.5) is 79.0 Å². The minimum Gasteiger partial charge on any atom is -0.725 e. The van der Waals surface area contributed by atoms with E-state index in [4.69, 9.17) is 0 Å². The summed E-state index contributed by atoms with van der Waals surface area (Å²) in [7, 11) is -7.84. The van der Waals surface area contributed by atoms with Crippen molar-refractivity contribution >= 4 is 22.0 Å². The zero-order valence-corrected chi connectivity index (χ0v) is 19.4. The molecular weight excluding hydrogens is 621 g/mol. The third-order valence-corrected chi connectivity index (χ3v) is 3.99. The van der Waals surface area contributed by atoms with Gasteiger partial charge < -0.3 is 4.55 Å². The van der Waals surface area contributed by atoms with Crippen LogP contribution in [-0.2, 0) is 14.6 Å². The van der Waals surface area contributed by atoms with Crippen LogP contribution in [0.3, 0.4) is 0 Å². The maximum absolute atomic E-state index is 13.8. The van der Waals surface area contributed by atoms with E-state index >= 15 is 0 Å². The molecule has 0 aliphatic rings. The minimum absolute atomic E-state index is 0. The van der Waals surface area contributed by atoms with Gasteiger partial charge in [0.15, 0.2) is 0 Å². The van der Waals surface area contributed by atoms with Crippen molar-refractivity contribution < 1.29 is 148 Å². The standard InChI is InChI=1S/C9HClF18O4S.K/c10-8(24,25)5(19,20)3(15,16)1(11,12)2(13,14)4(17,18)7(23,32-33(29,30)31)6(21,22)9(26,27)28;/h(H,29,30,31);/q;+1/p-1. The molecule has 0 saturated heterocycles. The van der Waals surface area contributed by atoms with Crippen LogP contribution in [0, 0.1) is 0 Å². The smallest absolute Gasteiger partial charge is 0.725 e. The summed E-state index contributed by atoms with van der Waals surface area (Å²) in [5, 5.41) is -7.05. The predicted molar refractivity (Wildman–Crippen MR) is 61.2 cm³/mol. The quantitative estimate of drug-likeness (QED) is 0.131. The third-order valence-electron chi connectivity index (χ3n) is 3.31. The van der Waals surface area contributed by atoms with E-state index in [2.05, 4.69) is 11.6 Å². The second-order valence-electron chi connectivity index (χ2n) is 5.53. The average Bonchev–Trinajstić information content (AvgIpc) is 2.49. The van der Waals surface area contributed by atoms with Crippen LogP contribution >= 0.6 is 11.6 Å². The van der Waals surface area contributed by atoms with Gasteiger partial charge in [0, 0.05) is 0 Å². The Morgan fingerprint density at radius 2 is 0.794 bits per heavy atom. The van der Waals surface area contributed by atoms with E-state index in [0.29, 0.717) is 0 Å². The summed E-state index contributed by atoms with van der Waals surface area (Å²) < 4.78 is 265. The minimum atomic E-state index is -9.09. The molecule has 1 atom stereocenters. The van der Waals surface area contributed by atoms with Crippen molar-refractivity contribution in [3.05, 3.63) is 0 Å². The molecule has 1 unspecified atom stereocenters. The molecule has 0 fully saturated rings. The van der Waals surface area contributed by atoms with Crippen molar-refractivity contribution in [2.45, 2.75) is 52.9 Å². The van der Waals surface area contributed by atoms with E-state index in [1.165, 1.54) is 4.18 Å². The second kappa shape index (κ2) is 9.38. The maximum Gasteiger partial charge on any atom is 1.00 e. The van der Waals surface area contributed by atoms with Crippen LogP contribution in [-0.4, -0.2) is 65.9 Å². The zero-order chi connectivity index (χ0) is 27.7. The number of halogens is 19. The average molecular weight is 621 g/mol. The third kappa shape index (κ3) is 5.25. The van der Waals surface area contributed by atoms with Crippen LogP contribution in [0.2, 0.25) is 0 Å². The molecule has 0 aromatic carbocycles. The fourth-order valence-electron chi connectivity index (χ4n) is 1.60. The van der Waals surface area contributed by atoms with Gasteiger partial charge in [0.1, 0.15) is 0 Å². The number of hydrogen-bond donors (Lipinski definition) is 0. The molecule has 200 valence electrons. The van der Waals surface area contributed by atoms with Crippen LogP contribution in [0.1, 0.15) is 0 Å². The topological polar surface area (TPSA) is 66.4 Å². The molecular formula is C9ClF18KO4S. The molecule has 25 heteroatoms. The van der Waals surface area contributed by atoms with Gasteiger partial charge in [-0.3, -0.25) is 0 Å². The summed E-state index contributed by atoms with van der Waals surface area (Å²) in [6.07, 6.45) is -8.07. The predicted octanol–water partition coefficient (Wildman–Crippen LogP) is 2.34. The molecule has 0 aromatic rings. The van der Waals surface area contributed by atoms with Crippen molar-refractivity contribution in [2.75, 3.05) is 0 Å². The summed E-state index contributed by atoms with van der Waals surface area (Å²) in [5.41, 5.74) is 0. The van der Waals surface area contributed by atoms with Gasteiger partial charge in [0.25, 0.3) is 0 Å². The SMILES string of the molecule is O=S(=O)([O-])OC(F)(C(F)(F)C(F)(F)F)C(F)(F)C(F)(F)C(F)(F)C(F)(F)C(F)(F)C(F)(F)Cl.[K+]. The van der Waals surface area contributed by atoms with Gasteiger partial charge in [-0.1, -0.05) is 0 Å². The second-order valence-corrected chi connectivity index (χ2v) is 6.99. The Kier molecular flexibility index (Phi) is 10.1. The molecule has 0 amide bonds. The van der Waals surface area contributed by atoms with E-state index in [1.54, 1.807) is 0 Å². The van der Waals surface area contributed by atoms with Crippen molar-refractivity contribution in [2.24, 2.45) is 0 Å². The molecule has 0 aliphatic heterocycles. The first-order valence-corrected chi connectivity index (χ1v) is 8.17. The van der Waals surface area contributed by atoms with Gasteiger partial charge in [-0.05, 0) is 11.6 Å². The molecule has 0 radical (unpaired) electrons. The molecule has 0 bridgehead atoms. The Hall–Kier alpha value is 0.536. The monoisotopic (exact) mass is 620 g/mol. The molecule has 0 saturated carbocycles. The van der Waals surface area contributed by atoms with E-state index in [1.807, 2.05) is 0 Å². The van der Waals surface area contributed by atoms with Gasteiger partial charge in [0.2, 0.25) is 10.4 Å². The molecule has 0 aromatic heterocycles. The Bertz CT molecular complexity index is 850. The number of rotatable bonds is 9. The number of alkyl halides is 19. The van der Waals surface area contributed by atoms with Crippen molar-refractivity contribution in [1.29, 1.82) is 0 Å². The van der Waals surface area contributed by atoms with Crippen LogP contribution in [0.15, 0.2) is 0 Å². The normalized spacial score (nSPS) is 17.8. The maximum atomic E-state index is 13.8. The summed E-state index contributed by atoms with van der Waals surface area (Å²) >= 11 is 3.27. The fourth-order valence-corrected chi connectivity index (χ4v) is 2.21. The zero-order valence-electron chi connectivity index (χ0n) is 14.7. The Labute approximate surface area is 221 Å². The van der Waals surface area contributed by atoms with Crippen molar-refractivity contribution in [3.63, 3.8) is 0 Å². The van der Waals surface area contributed by atoms with Gasteiger partial charge in [-0.15, -0.1) is 0 Å². The molecule has 0 N–H and O–H groups in total. The summed E-state index contributed by atoms with van der Waals surface area (Å²) in [4.78, 5) is 0. The van der Waals surface area contributed by atoms with Gasteiger partial charge in [-0.25, -0.2) is 12.6 Å². The first-order valence-electron chi connectivity index (χ1n) is 6.46. The summed E-state index contributed by atoms with van der Waals surface area (Å²) in [5.74, 6) is -60.9. The van der Waals surface area contributed by atoms with Crippen LogP contribution < -0.4 is 51.4 Å². The Balaban J connectivity index is 0. The van der Waals surface area contributed by atoms with Crippen LogP contribution in [0.25, 0.3) is 0 Å². The Morgan fingerprint density at radius 1 is 0.529 bits per heavy atom. The molecule has 0 aliphatic carbocycles. The van der Waals surface area contributed by atoms with Gasteiger partial charge >= 0.3 is 104 Å². The van der Waals surface area contributed by atoms with Crippen molar-refractivity contribution in [3.8, 4) is 0 Å². The molecule has 0 heterocycles. The molecule has 4 nitrogen and oxygen atoms in total. The molecule has 0 spiro atoms. The van der Waals surface area contributed by atoms with E-state index in [0.717, 1.165) is 0 Å². The summed E-state index contributed by atoms with van der Waals surface area (Å²) in [6.45, 7) is 0. The fraction of sp³-hybridized carbons (Fsp3) is 1.00. The molecule has 0 rings (SSSR count). The first kappa shape index (κ1) is 36.7. The van der Waals surface area contributed by atoms with Crippen molar-refractivity contribution in [1.82, 2.24) is 0 Å². The number of hydrogen-bond acceptors (Lipinski definition) is 4. The van der Waals surface area contributed by atoms with Gasteiger partial charge in [0.05, 0.1) is 0 Å². The van der Waals surface area contributed by atoms with E-state index < -0.39 is 63.3 Å². The first-order chi connectivity index (χ1) is 13.7. The van der Waals surface area contributed by atoms with Gasteiger partial charge in [-0.2, -0.15) is 79.0 Å². The Morgan fingerprint density at radius 3 is 1.03 bits per heavy atom. The largest absolute Gasteiger partial charge is 1.00 e. The van der Waals surface area contributed by atoms with E-state index in [9.17, 15) is 92.0 Å². The molecule has 34 heavy (non-hydrogen) atoms.